The third kappa shape index (κ3) is 3.06. The lowest BCUT2D eigenvalue weighted by molar-refractivity contribution is 0.338. The van der Waals surface area contributed by atoms with Crippen LogP contribution < -0.4 is 10.5 Å². The maximum atomic E-state index is 6.29. The highest BCUT2D eigenvalue weighted by atomic mass is 16.5. The van der Waals surface area contributed by atoms with Crippen molar-refractivity contribution in [3.8, 4) is 5.75 Å². The van der Waals surface area contributed by atoms with E-state index in [1.54, 1.807) is 12.4 Å². The number of pyridine rings is 1. The molecule has 0 aliphatic rings. The summed E-state index contributed by atoms with van der Waals surface area (Å²) in [6, 6.07) is 3.60. The molecule has 0 aliphatic heterocycles. The van der Waals surface area contributed by atoms with E-state index in [4.69, 9.17) is 10.5 Å². The van der Waals surface area contributed by atoms with E-state index in [1.165, 1.54) is 0 Å². The summed E-state index contributed by atoms with van der Waals surface area (Å²) >= 11 is 0. The molecular formula is C14H18N4O. The molecule has 0 aromatic carbocycles. The highest BCUT2D eigenvalue weighted by Crippen LogP contribution is 2.23. The van der Waals surface area contributed by atoms with Gasteiger partial charge in [0.05, 0.1) is 30.2 Å². The first kappa shape index (κ1) is 13.4. The number of hydrogen-bond acceptors (Lipinski definition) is 5. The summed E-state index contributed by atoms with van der Waals surface area (Å²) < 4.78 is 5.44. The molecule has 0 spiro atoms. The number of ether oxygens (including phenoxy) is 1. The van der Waals surface area contributed by atoms with Crippen LogP contribution in [0.4, 0.5) is 0 Å². The zero-order chi connectivity index (χ0) is 13.8. The number of nitrogens with zero attached hydrogens (tertiary/aromatic N) is 3. The van der Waals surface area contributed by atoms with Crippen molar-refractivity contribution < 1.29 is 4.74 Å². The molecular weight excluding hydrogens is 240 g/mol. The summed E-state index contributed by atoms with van der Waals surface area (Å²) in [6.45, 7) is 6.35. The van der Waals surface area contributed by atoms with E-state index >= 15 is 0 Å². The van der Waals surface area contributed by atoms with E-state index in [9.17, 15) is 0 Å². The van der Waals surface area contributed by atoms with Crippen molar-refractivity contribution in [2.75, 3.05) is 6.61 Å². The summed E-state index contributed by atoms with van der Waals surface area (Å²) in [4.78, 5) is 4.16. The average Bonchev–Trinajstić information content (AvgIpc) is 2.41. The van der Waals surface area contributed by atoms with Gasteiger partial charge in [0.15, 0.2) is 0 Å². The molecule has 2 aromatic rings. The standard InChI is InChI=1S/C14H18N4O/c1-4-19-12-6-11(7-16-8-12)14(15)13-5-9(2)17-18-10(13)3/h5-8,14H,4,15H2,1-3H3. The Kier molecular flexibility index (Phi) is 4.06. The van der Waals surface area contributed by atoms with Gasteiger partial charge < -0.3 is 10.5 Å². The lowest BCUT2D eigenvalue weighted by Crippen LogP contribution is -2.15. The Bertz CT molecular complexity index is 571. The maximum absolute atomic E-state index is 6.29. The summed E-state index contributed by atoms with van der Waals surface area (Å²) in [5, 5.41) is 8.12. The molecule has 5 heteroatoms. The topological polar surface area (TPSA) is 73.9 Å². The molecule has 0 fully saturated rings. The van der Waals surface area contributed by atoms with Gasteiger partial charge in [0.1, 0.15) is 5.75 Å². The van der Waals surface area contributed by atoms with E-state index in [1.807, 2.05) is 32.9 Å². The van der Waals surface area contributed by atoms with Crippen LogP contribution in [0.1, 0.15) is 35.5 Å². The zero-order valence-corrected chi connectivity index (χ0v) is 11.4. The van der Waals surface area contributed by atoms with Crippen molar-refractivity contribution in [1.29, 1.82) is 0 Å². The smallest absolute Gasteiger partial charge is 0.137 e. The Morgan fingerprint density at radius 2 is 2.00 bits per heavy atom. The van der Waals surface area contributed by atoms with E-state index in [0.29, 0.717) is 6.61 Å². The van der Waals surface area contributed by atoms with Crippen LogP contribution in [-0.4, -0.2) is 21.8 Å². The van der Waals surface area contributed by atoms with Gasteiger partial charge in [-0.2, -0.15) is 10.2 Å². The molecule has 1 atom stereocenters. The second-order valence-electron chi connectivity index (χ2n) is 4.39. The molecule has 0 amide bonds. The molecule has 0 radical (unpaired) electrons. The first-order valence-corrected chi connectivity index (χ1v) is 6.26. The summed E-state index contributed by atoms with van der Waals surface area (Å²) in [6.07, 6.45) is 3.44. The molecule has 0 aliphatic carbocycles. The van der Waals surface area contributed by atoms with E-state index in [2.05, 4.69) is 15.2 Å². The fourth-order valence-electron chi connectivity index (χ4n) is 1.92. The van der Waals surface area contributed by atoms with E-state index in [-0.39, 0.29) is 6.04 Å². The third-order valence-electron chi connectivity index (χ3n) is 2.88. The average molecular weight is 258 g/mol. The SMILES string of the molecule is CCOc1cncc(C(N)c2cc(C)nnc2C)c1. The van der Waals surface area contributed by atoms with Gasteiger partial charge in [-0.15, -0.1) is 0 Å². The number of rotatable bonds is 4. The first-order valence-electron chi connectivity index (χ1n) is 6.26. The van der Waals surface area contributed by atoms with Gasteiger partial charge in [-0.05, 0) is 44.0 Å². The van der Waals surface area contributed by atoms with Gasteiger partial charge in [-0.25, -0.2) is 0 Å². The molecule has 0 saturated carbocycles. The van der Waals surface area contributed by atoms with Crippen molar-refractivity contribution in [3.05, 3.63) is 47.0 Å². The summed E-state index contributed by atoms with van der Waals surface area (Å²) in [5.41, 5.74) is 9.84. The van der Waals surface area contributed by atoms with Crippen molar-refractivity contribution in [2.24, 2.45) is 5.73 Å². The summed E-state index contributed by atoms with van der Waals surface area (Å²) in [7, 11) is 0. The largest absolute Gasteiger partial charge is 0.492 e. The van der Waals surface area contributed by atoms with E-state index in [0.717, 1.165) is 28.3 Å². The van der Waals surface area contributed by atoms with Crippen molar-refractivity contribution in [3.63, 3.8) is 0 Å². The zero-order valence-electron chi connectivity index (χ0n) is 11.4. The first-order chi connectivity index (χ1) is 9.11. The predicted molar refractivity (Wildman–Crippen MR) is 72.9 cm³/mol. The monoisotopic (exact) mass is 258 g/mol. The van der Waals surface area contributed by atoms with Crippen LogP contribution in [0.3, 0.4) is 0 Å². The minimum Gasteiger partial charge on any atom is -0.492 e. The third-order valence-corrected chi connectivity index (χ3v) is 2.88. The molecule has 0 bridgehead atoms. The number of aryl methyl sites for hydroxylation is 2. The van der Waals surface area contributed by atoms with E-state index < -0.39 is 0 Å². The molecule has 19 heavy (non-hydrogen) atoms. The molecule has 5 nitrogen and oxygen atoms in total. The highest BCUT2D eigenvalue weighted by Gasteiger charge is 2.14. The fourth-order valence-corrected chi connectivity index (χ4v) is 1.92. The van der Waals surface area contributed by atoms with Gasteiger partial charge >= 0.3 is 0 Å². The normalized spacial score (nSPS) is 12.2. The van der Waals surface area contributed by atoms with Crippen LogP contribution in [0.15, 0.2) is 24.5 Å². The van der Waals surface area contributed by atoms with Crippen LogP contribution in [0.2, 0.25) is 0 Å². The maximum Gasteiger partial charge on any atom is 0.137 e. The van der Waals surface area contributed by atoms with Crippen LogP contribution in [0.5, 0.6) is 5.75 Å². The minimum atomic E-state index is -0.276. The molecule has 0 saturated heterocycles. The Hall–Kier alpha value is -2.01. The molecule has 1 unspecified atom stereocenters. The van der Waals surface area contributed by atoms with Gasteiger partial charge in [0, 0.05) is 6.20 Å². The fraction of sp³-hybridized carbons (Fsp3) is 0.357. The Labute approximate surface area is 112 Å². The molecule has 2 rings (SSSR count). The summed E-state index contributed by atoms with van der Waals surface area (Å²) in [5.74, 6) is 0.729. The highest BCUT2D eigenvalue weighted by molar-refractivity contribution is 5.35. The Morgan fingerprint density at radius 3 is 2.74 bits per heavy atom. The Morgan fingerprint density at radius 1 is 1.21 bits per heavy atom. The van der Waals surface area contributed by atoms with Crippen molar-refractivity contribution >= 4 is 0 Å². The minimum absolute atomic E-state index is 0.276. The number of hydrogen-bond donors (Lipinski definition) is 1. The van der Waals surface area contributed by atoms with Gasteiger partial charge in [0.25, 0.3) is 0 Å². The van der Waals surface area contributed by atoms with Crippen LogP contribution in [-0.2, 0) is 0 Å². The van der Waals surface area contributed by atoms with Gasteiger partial charge in [0.2, 0.25) is 0 Å². The molecule has 2 N–H and O–H groups in total. The van der Waals surface area contributed by atoms with Gasteiger partial charge in [-0.1, -0.05) is 0 Å². The quantitative estimate of drug-likeness (QED) is 0.907. The second kappa shape index (κ2) is 5.75. The molecule has 2 heterocycles. The van der Waals surface area contributed by atoms with Crippen LogP contribution >= 0.6 is 0 Å². The number of nitrogens with two attached hydrogens (primary N) is 1. The lowest BCUT2D eigenvalue weighted by atomic mass is 10.00. The van der Waals surface area contributed by atoms with Gasteiger partial charge in [-0.3, -0.25) is 4.98 Å². The van der Waals surface area contributed by atoms with Crippen LogP contribution in [0, 0.1) is 13.8 Å². The predicted octanol–water partition coefficient (Wildman–Crippen LogP) is 1.94. The second-order valence-corrected chi connectivity index (χ2v) is 4.39. The molecule has 2 aromatic heterocycles. The Balaban J connectivity index is 2.35. The lowest BCUT2D eigenvalue weighted by Gasteiger charge is -2.15. The van der Waals surface area contributed by atoms with Crippen molar-refractivity contribution in [2.45, 2.75) is 26.8 Å². The molecule has 100 valence electrons. The van der Waals surface area contributed by atoms with Crippen LogP contribution in [0.25, 0.3) is 0 Å². The van der Waals surface area contributed by atoms with Crippen molar-refractivity contribution in [1.82, 2.24) is 15.2 Å². The number of aromatic nitrogens is 3.